The minimum atomic E-state index is 0.515. The average molecular weight is 308 g/mol. The van der Waals surface area contributed by atoms with E-state index >= 15 is 0 Å². The van der Waals surface area contributed by atoms with Crippen LogP contribution in [0.3, 0.4) is 0 Å². The summed E-state index contributed by atoms with van der Waals surface area (Å²) in [5.41, 5.74) is 1.38. The maximum atomic E-state index is 6.16. The van der Waals surface area contributed by atoms with Gasteiger partial charge in [0, 0.05) is 24.2 Å². The molecule has 2 nitrogen and oxygen atoms in total. The Hall–Kier alpha value is -0.570. The highest BCUT2D eigenvalue weighted by molar-refractivity contribution is 6.30. The lowest BCUT2D eigenvalue weighted by Gasteiger charge is -2.19. The summed E-state index contributed by atoms with van der Waals surface area (Å²) < 4.78 is 5.73. The zero-order valence-corrected chi connectivity index (χ0v) is 13.4. The summed E-state index contributed by atoms with van der Waals surface area (Å²) >= 11 is 6.16. The maximum absolute atomic E-state index is 6.16. The lowest BCUT2D eigenvalue weighted by molar-refractivity contribution is 0.101. The van der Waals surface area contributed by atoms with Crippen LogP contribution < -0.4 is 5.32 Å². The summed E-state index contributed by atoms with van der Waals surface area (Å²) in [5.74, 6) is 0.575. The van der Waals surface area contributed by atoms with Gasteiger partial charge in [-0.25, -0.2) is 0 Å². The summed E-state index contributed by atoms with van der Waals surface area (Å²) in [6.45, 7) is 2.04. The van der Waals surface area contributed by atoms with Crippen LogP contribution in [0.1, 0.15) is 56.4 Å². The van der Waals surface area contributed by atoms with Gasteiger partial charge in [-0.2, -0.15) is 0 Å². The first kappa shape index (κ1) is 15.3. The van der Waals surface area contributed by atoms with Crippen LogP contribution in [0.4, 0.5) is 0 Å². The van der Waals surface area contributed by atoms with E-state index in [4.69, 9.17) is 16.3 Å². The molecule has 3 heteroatoms. The molecule has 3 rings (SSSR count). The molecule has 1 aliphatic carbocycles. The van der Waals surface area contributed by atoms with Crippen LogP contribution in [0.25, 0.3) is 0 Å². The lowest BCUT2D eigenvalue weighted by Crippen LogP contribution is -2.23. The number of halogens is 1. The lowest BCUT2D eigenvalue weighted by atomic mass is 9.92. The van der Waals surface area contributed by atoms with Crippen molar-refractivity contribution in [2.24, 2.45) is 0 Å². The summed E-state index contributed by atoms with van der Waals surface area (Å²) in [6, 6.07) is 9.15. The average Bonchev–Trinajstić information content (AvgIpc) is 3.17. The quantitative estimate of drug-likeness (QED) is 0.762. The molecule has 116 valence electrons. The first-order chi connectivity index (χ1) is 10.3. The molecule has 2 unspecified atom stereocenters. The number of ether oxygens (including phenoxy) is 1. The standard InChI is InChI=1S/C18H26ClNO/c19-16-6-1-4-14(12-16)15(13-20-17-9-10-17)5-2-7-18-8-3-11-21-18/h1,4,6,12,15,17-18,20H,2-3,5,7-11,13H2. The molecule has 2 aliphatic rings. The van der Waals surface area contributed by atoms with Gasteiger partial charge in [0.1, 0.15) is 0 Å². The Morgan fingerprint density at radius 2 is 2.19 bits per heavy atom. The topological polar surface area (TPSA) is 21.3 Å². The molecular formula is C18H26ClNO. The van der Waals surface area contributed by atoms with Gasteiger partial charge >= 0.3 is 0 Å². The molecule has 21 heavy (non-hydrogen) atoms. The van der Waals surface area contributed by atoms with Crippen LogP contribution in [0.2, 0.25) is 5.02 Å². The minimum Gasteiger partial charge on any atom is -0.378 e. The smallest absolute Gasteiger partial charge is 0.0576 e. The van der Waals surface area contributed by atoms with Gasteiger partial charge in [-0.3, -0.25) is 0 Å². The van der Waals surface area contributed by atoms with Gasteiger partial charge in [0.25, 0.3) is 0 Å². The van der Waals surface area contributed by atoms with E-state index in [-0.39, 0.29) is 0 Å². The van der Waals surface area contributed by atoms with Crippen molar-refractivity contribution in [2.75, 3.05) is 13.2 Å². The SMILES string of the molecule is Clc1cccc(C(CCCC2CCCO2)CNC2CC2)c1. The van der Waals surface area contributed by atoms with Gasteiger partial charge < -0.3 is 10.1 Å². The largest absolute Gasteiger partial charge is 0.378 e. The zero-order chi connectivity index (χ0) is 14.5. The summed E-state index contributed by atoms with van der Waals surface area (Å²) in [6.07, 6.45) is 9.38. The molecule has 0 aromatic heterocycles. The molecule has 1 saturated heterocycles. The first-order valence-electron chi connectivity index (χ1n) is 8.42. The Labute approximate surface area is 133 Å². The minimum absolute atomic E-state index is 0.515. The van der Waals surface area contributed by atoms with E-state index in [9.17, 15) is 0 Å². The van der Waals surface area contributed by atoms with Gasteiger partial charge in [0.2, 0.25) is 0 Å². The predicted molar refractivity (Wildman–Crippen MR) is 88.0 cm³/mol. The molecule has 1 aliphatic heterocycles. The number of hydrogen-bond donors (Lipinski definition) is 1. The van der Waals surface area contributed by atoms with Crippen molar-refractivity contribution >= 4 is 11.6 Å². The second-order valence-electron chi connectivity index (χ2n) is 6.50. The van der Waals surface area contributed by atoms with E-state index in [1.807, 2.05) is 6.07 Å². The molecule has 2 atom stereocenters. The summed E-state index contributed by atoms with van der Waals surface area (Å²) in [7, 11) is 0. The molecule has 1 aromatic rings. The molecule has 1 saturated carbocycles. The van der Waals surface area contributed by atoms with Gasteiger partial charge in [-0.1, -0.05) is 30.2 Å². The van der Waals surface area contributed by atoms with E-state index in [0.29, 0.717) is 12.0 Å². The molecule has 0 bridgehead atoms. The monoisotopic (exact) mass is 307 g/mol. The number of benzene rings is 1. The van der Waals surface area contributed by atoms with Crippen molar-refractivity contribution in [1.29, 1.82) is 0 Å². The van der Waals surface area contributed by atoms with E-state index in [2.05, 4.69) is 23.5 Å². The van der Waals surface area contributed by atoms with Crippen molar-refractivity contribution in [3.8, 4) is 0 Å². The molecule has 0 amide bonds. The van der Waals surface area contributed by atoms with Crippen molar-refractivity contribution in [3.63, 3.8) is 0 Å². The van der Waals surface area contributed by atoms with Gasteiger partial charge in [0.05, 0.1) is 6.10 Å². The number of nitrogens with one attached hydrogen (secondary N) is 1. The molecule has 1 aromatic carbocycles. The fraction of sp³-hybridized carbons (Fsp3) is 0.667. The highest BCUT2D eigenvalue weighted by Gasteiger charge is 2.23. The number of rotatable bonds is 8. The molecule has 0 spiro atoms. The third-order valence-electron chi connectivity index (χ3n) is 4.65. The number of hydrogen-bond acceptors (Lipinski definition) is 2. The van der Waals surface area contributed by atoms with Crippen molar-refractivity contribution in [3.05, 3.63) is 34.9 Å². The van der Waals surface area contributed by atoms with Gasteiger partial charge in [-0.15, -0.1) is 0 Å². The van der Waals surface area contributed by atoms with Crippen LogP contribution >= 0.6 is 11.6 Å². The third-order valence-corrected chi connectivity index (χ3v) is 4.89. The van der Waals surface area contributed by atoms with Crippen molar-refractivity contribution in [1.82, 2.24) is 5.32 Å². The van der Waals surface area contributed by atoms with Crippen molar-refractivity contribution in [2.45, 2.75) is 63.0 Å². The van der Waals surface area contributed by atoms with Gasteiger partial charge in [-0.05, 0) is 62.1 Å². The Bertz CT molecular complexity index is 441. The Balaban J connectivity index is 1.52. The summed E-state index contributed by atoms with van der Waals surface area (Å²) in [5, 5.41) is 4.53. The summed E-state index contributed by atoms with van der Waals surface area (Å²) in [4.78, 5) is 0. The second kappa shape index (κ2) is 7.62. The molecular weight excluding hydrogens is 282 g/mol. The van der Waals surface area contributed by atoms with Crippen LogP contribution in [0.5, 0.6) is 0 Å². The van der Waals surface area contributed by atoms with Crippen LogP contribution in [0.15, 0.2) is 24.3 Å². The van der Waals surface area contributed by atoms with E-state index in [0.717, 1.165) is 24.2 Å². The molecule has 1 heterocycles. The molecule has 2 fully saturated rings. The first-order valence-corrected chi connectivity index (χ1v) is 8.79. The van der Waals surface area contributed by atoms with E-state index < -0.39 is 0 Å². The predicted octanol–water partition coefficient (Wildman–Crippen LogP) is 4.52. The van der Waals surface area contributed by atoms with Gasteiger partial charge in [0.15, 0.2) is 0 Å². The second-order valence-corrected chi connectivity index (χ2v) is 6.94. The normalized spacial score (nSPS) is 23.4. The van der Waals surface area contributed by atoms with E-state index in [1.165, 1.54) is 50.5 Å². The zero-order valence-electron chi connectivity index (χ0n) is 12.7. The Kier molecular flexibility index (Phi) is 5.56. The van der Waals surface area contributed by atoms with Crippen LogP contribution in [0, 0.1) is 0 Å². The Morgan fingerprint density at radius 1 is 1.29 bits per heavy atom. The fourth-order valence-corrected chi connectivity index (χ4v) is 3.41. The van der Waals surface area contributed by atoms with Crippen LogP contribution in [-0.4, -0.2) is 25.3 Å². The molecule has 1 N–H and O–H groups in total. The highest BCUT2D eigenvalue weighted by Crippen LogP contribution is 2.28. The highest BCUT2D eigenvalue weighted by atomic mass is 35.5. The van der Waals surface area contributed by atoms with E-state index in [1.54, 1.807) is 0 Å². The van der Waals surface area contributed by atoms with Crippen LogP contribution in [-0.2, 0) is 4.74 Å². The third kappa shape index (κ3) is 4.98. The van der Waals surface area contributed by atoms with Crippen molar-refractivity contribution < 1.29 is 4.74 Å². The maximum Gasteiger partial charge on any atom is 0.0576 e. The molecule has 0 radical (unpaired) electrons. The Morgan fingerprint density at radius 3 is 2.90 bits per heavy atom. The fourth-order valence-electron chi connectivity index (χ4n) is 3.21.